The highest BCUT2D eigenvalue weighted by Crippen LogP contribution is 2.37. The van der Waals surface area contributed by atoms with Gasteiger partial charge in [0, 0.05) is 31.2 Å². The largest absolute Gasteiger partial charge is 0.251 e. The number of halogens is 4. The van der Waals surface area contributed by atoms with Crippen LogP contribution in [-0.4, -0.2) is 4.98 Å². The molecule has 3 aromatic rings. The lowest BCUT2D eigenvalue weighted by Crippen LogP contribution is -1.98. The molecule has 0 aliphatic rings. The summed E-state index contributed by atoms with van der Waals surface area (Å²) >= 11 is 22.0. The van der Waals surface area contributed by atoms with Gasteiger partial charge >= 0.3 is 0 Å². The Labute approximate surface area is 164 Å². The monoisotopic (exact) mass is 439 g/mol. The lowest BCUT2D eigenvalue weighted by Gasteiger charge is -2.14. The molecule has 0 aliphatic carbocycles. The van der Waals surface area contributed by atoms with Crippen molar-refractivity contribution in [1.82, 2.24) is 4.98 Å². The SMILES string of the molecule is Cc1cc(-c2ccc(Cl)cc2Cl)c(-c2ccc(Br)cc2)nc1CCl. The highest BCUT2D eigenvalue weighted by molar-refractivity contribution is 9.10. The van der Waals surface area contributed by atoms with E-state index < -0.39 is 0 Å². The number of alkyl halides is 1. The normalized spacial score (nSPS) is 10.9. The molecule has 1 nitrogen and oxygen atoms in total. The Kier molecular flexibility index (Phi) is 5.51. The summed E-state index contributed by atoms with van der Waals surface area (Å²) in [5.74, 6) is 0.365. The second kappa shape index (κ2) is 7.45. The molecule has 2 aromatic carbocycles. The fraction of sp³-hybridized carbons (Fsp3) is 0.105. The molecule has 1 aromatic heterocycles. The second-order valence-corrected chi connectivity index (χ2v) is 7.44. The molecular weight excluding hydrogens is 428 g/mol. The predicted molar refractivity (Wildman–Crippen MR) is 107 cm³/mol. The summed E-state index contributed by atoms with van der Waals surface area (Å²) in [5.41, 5.74) is 5.62. The fourth-order valence-corrected chi connectivity index (χ4v) is 3.57. The van der Waals surface area contributed by atoms with Gasteiger partial charge in [0.25, 0.3) is 0 Å². The zero-order chi connectivity index (χ0) is 17.3. The highest BCUT2D eigenvalue weighted by atomic mass is 79.9. The van der Waals surface area contributed by atoms with Crippen LogP contribution in [0.25, 0.3) is 22.4 Å². The van der Waals surface area contributed by atoms with Crippen LogP contribution in [-0.2, 0) is 5.88 Å². The fourth-order valence-electron chi connectivity index (χ4n) is 2.53. The molecule has 1 heterocycles. The number of hydrogen-bond acceptors (Lipinski definition) is 1. The van der Waals surface area contributed by atoms with Crippen LogP contribution in [0.2, 0.25) is 10.0 Å². The number of rotatable bonds is 3. The maximum atomic E-state index is 6.43. The molecule has 0 bridgehead atoms. The van der Waals surface area contributed by atoms with Crippen molar-refractivity contribution in [2.45, 2.75) is 12.8 Å². The summed E-state index contributed by atoms with van der Waals surface area (Å²) in [6.45, 7) is 2.00. The van der Waals surface area contributed by atoms with E-state index in [-0.39, 0.29) is 0 Å². The molecule has 0 saturated carbocycles. The van der Waals surface area contributed by atoms with Gasteiger partial charge in [-0.1, -0.05) is 57.3 Å². The Balaban J connectivity index is 2.27. The van der Waals surface area contributed by atoms with Crippen molar-refractivity contribution in [2.75, 3.05) is 0 Å². The third-order valence-corrected chi connectivity index (χ3v) is 5.11. The van der Waals surface area contributed by atoms with E-state index in [9.17, 15) is 0 Å². The van der Waals surface area contributed by atoms with Gasteiger partial charge in [0.05, 0.1) is 17.3 Å². The molecule has 0 spiro atoms. The first-order valence-electron chi connectivity index (χ1n) is 7.27. The molecule has 0 radical (unpaired) electrons. The van der Waals surface area contributed by atoms with E-state index >= 15 is 0 Å². The summed E-state index contributed by atoms with van der Waals surface area (Å²) in [5, 5.41) is 1.21. The Morgan fingerprint density at radius 3 is 2.29 bits per heavy atom. The van der Waals surface area contributed by atoms with Crippen molar-refractivity contribution < 1.29 is 0 Å². The molecule has 122 valence electrons. The first-order valence-corrected chi connectivity index (χ1v) is 9.36. The first-order chi connectivity index (χ1) is 11.5. The minimum absolute atomic E-state index is 0.365. The van der Waals surface area contributed by atoms with E-state index in [1.54, 1.807) is 6.07 Å². The van der Waals surface area contributed by atoms with Gasteiger partial charge in [-0.25, -0.2) is 0 Å². The van der Waals surface area contributed by atoms with Crippen LogP contribution in [0, 0.1) is 6.92 Å². The third kappa shape index (κ3) is 3.62. The molecule has 0 N–H and O–H groups in total. The Morgan fingerprint density at radius 2 is 1.67 bits per heavy atom. The number of aryl methyl sites for hydroxylation is 1. The maximum absolute atomic E-state index is 6.43. The topological polar surface area (TPSA) is 12.9 Å². The summed E-state index contributed by atoms with van der Waals surface area (Å²) in [7, 11) is 0. The summed E-state index contributed by atoms with van der Waals surface area (Å²) in [6.07, 6.45) is 0. The molecule has 0 saturated heterocycles. The van der Waals surface area contributed by atoms with Crippen LogP contribution in [0.15, 0.2) is 53.0 Å². The zero-order valence-electron chi connectivity index (χ0n) is 12.8. The quantitative estimate of drug-likeness (QED) is 0.383. The van der Waals surface area contributed by atoms with E-state index in [0.29, 0.717) is 15.9 Å². The van der Waals surface area contributed by atoms with Gasteiger partial charge in [-0.15, -0.1) is 11.6 Å². The van der Waals surface area contributed by atoms with Crippen molar-refractivity contribution in [3.05, 3.63) is 74.3 Å². The lowest BCUT2D eigenvalue weighted by atomic mass is 9.97. The summed E-state index contributed by atoms with van der Waals surface area (Å²) in [6, 6.07) is 15.6. The molecule has 0 unspecified atom stereocenters. The smallest absolute Gasteiger partial charge is 0.0784 e. The van der Waals surface area contributed by atoms with Crippen LogP contribution in [0.4, 0.5) is 0 Å². The molecule has 24 heavy (non-hydrogen) atoms. The van der Waals surface area contributed by atoms with E-state index in [0.717, 1.165) is 38.1 Å². The number of hydrogen-bond donors (Lipinski definition) is 0. The van der Waals surface area contributed by atoms with E-state index in [1.807, 2.05) is 43.3 Å². The van der Waals surface area contributed by atoms with Crippen molar-refractivity contribution in [1.29, 1.82) is 0 Å². The van der Waals surface area contributed by atoms with E-state index in [2.05, 4.69) is 22.0 Å². The predicted octanol–water partition coefficient (Wildman–Crippen LogP) is 7.53. The second-order valence-electron chi connectivity index (χ2n) is 5.41. The van der Waals surface area contributed by atoms with Crippen molar-refractivity contribution >= 4 is 50.7 Å². The van der Waals surface area contributed by atoms with Crippen LogP contribution in [0.3, 0.4) is 0 Å². The third-order valence-electron chi connectivity index (χ3n) is 3.78. The summed E-state index contributed by atoms with van der Waals surface area (Å²) < 4.78 is 1.02. The average Bonchev–Trinajstić information content (AvgIpc) is 2.56. The van der Waals surface area contributed by atoms with Gasteiger partial charge in [-0.2, -0.15) is 0 Å². The van der Waals surface area contributed by atoms with Gasteiger partial charge in [0.15, 0.2) is 0 Å². The van der Waals surface area contributed by atoms with Crippen molar-refractivity contribution in [3.8, 4) is 22.4 Å². The molecule has 3 rings (SSSR count). The minimum Gasteiger partial charge on any atom is -0.251 e. The average molecular weight is 442 g/mol. The van der Waals surface area contributed by atoms with Crippen molar-refractivity contribution in [2.24, 2.45) is 0 Å². The van der Waals surface area contributed by atoms with Crippen LogP contribution in [0.5, 0.6) is 0 Å². The molecule has 0 atom stereocenters. The molecule has 0 aliphatic heterocycles. The van der Waals surface area contributed by atoms with Gasteiger partial charge in [-0.05, 0) is 42.8 Å². The van der Waals surface area contributed by atoms with Crippen LogP contribution >= 0.6 is 50.7 Å². The Hall–Kier alpha value is -1.06. The number of aromatic nitrogens is 1. The van der Waals surface area contributed by atoms with Crippen LogP contribution < -0.4 is 0 Å². The number of pyridine rings is 1. The molecule has 0 amide bonds. The van der Waals surface area contributed by atoms with Gasteiger partial charge in [0.1, 0.15) is 0 Å². The van der Waals surface area contributed by atoms with Gasteiger partial charge in [0.2, 0.25) is 0 Å². The summed E-state index contributed by atoms with van der Waals surface area (Å²) in [4.78, 5) is 4.79. The standard InChI is InChI=1S/C19H13BrCl3N/c1-11-8-16(15-7-6-14(22)9-17(15)23)19(24-18(11)10-21)12-2-4-13(20)5-3-12/h2-9H,10H2,1H3. The van der Waals surface area contributed by atoms with E-state index in [1.165, 1.54) is 0 Å². The molecule has 5 heteroatoms. The minimum atomic E-state index is 0.365. The van der Waals surface area contributed by atoms with Crippen molar-refractivity contribution in [3.63, 3.8) is 0 Å². The number of benzene rings is 2. The first kappa shape index (κ1) is 17.8. The molecule has 0 fully saturated rings. The van der Waals surface area contributed by atoms with Crippen LogP contribution in [0.1, 0.15) is 11.3 Å². The highest BCUT2D eigenvalue weighted by Gasteiger charge is 2.15. The Morgan fingerprint density at radius 1 is 0.958 bits per heavy atom. The molecular formula is C19H13BrCl3N. The van der Waals surface area contributed by atoms with Gasteiger partial charge < -0.3 is 0 Å². The lowest BCUT2D eigenvalue weighted by molar-refractivity contribution is 1.13. The maximum Gasteiger partial charge on any atom is 0.0784 e. The Bertz CT molecular complexity index is 892. The zero-order valence-corrected chi connectivity index (χ0v) is 16.6. The van der Waals surface area contributed by atoms with Gasteiger partial charge in [-0.3, -0.25) is 4.98 Å². The van der Waals surface area contributed by atoms with E-state index in [4.69, 9.17) is 39.8 Å². The number of nitrogens with zero attached hydrogens (tertiary/aromatic N) is 1.